The fraction of sp³-hybridized carbons (Fsp3) is 0.188. The Morgan fingerprint density at radius 2 is 1.93 bits per heavy atom. The summed E-state index contributed by atoms with van der Waals surface area (Å²) in [6.07, 6.45) is -4.77. The first kappa shape index (κ1) is 19.6. The van der Waals surface area contributed by atoms with E-state index in [9.17, 15) is 23.3 Å². The molecule has 146 valence electrons. The molecule has 3 aromatic rings. The van der Waals surface area contributed by atoms with Crippen molar-refractivity contribution < 1.29 is 22.8 Å². The summed E-state index contributed by atoms with van der Waals surface area (Å²) >= 11 is 1.25. The molecule has 0 radical (unpaired) electrons. The normalized spacial score (nSPS) is 12.6. The maximum Gasteiger partial charge on any atom is 0.573 e. The molecule has 0 aliphatic carbocycles. The quantitative estimate of drug-likeness (QED) is 0.338. The summed E-state index contributed by atoms with van der Waals surface area (Å²) < 4.78 is 42.0. The minimum Gasteiger partial charge on any atom is -0.406 e. The van der Waals surface area contributed by atoms with Crippen LogP contribution in [0.4, 0.5) is 18.9 Å². The summed E-state index contributed by atoms with van der Waals surface area (Å²) in [7, 11) is 0. The monoisotopic (exact) mass is 411 g/mol. The minimum absolute atomic E-state index is 0.0233. The molecule has 28 heavy (non-hydrogen) atoms. The number of tetrazole rings is 1. The van der Waals surface area contributed by atoms with Crippen LogP contribution in [-0.2, 0) is 0 Å². The molecule has 2 aromatic carbocycles. The van der Waals surface area contributed by atoms with Gasteiger partial charge in [0.15, 0.2) is 0 Å². The Morgan fingerprint density at radius 1 is 1.21 bits per heavy atom. The minimum atomic E-state index is -4.77. The molecule has 0 fully saturated rings. The molecule has 0 aliphatic rings. The fourth-order valence-electron chi connectivity index (χ4n) is 2.32. The van der Waals surface area contributed by atoms with Gasteiger partial charge < -0.3 is 4.74 Å². The Labute approximate surface area is 160 Å². The molecule has 0 saturated carbocycles. The van der Waals surface area contributed by atoms with Gasteiger partial charge in [0.05, 0.1) is 10.6 Å². The third-order valence-corrected chi connectivity index (χ3v) is 4.68. The smallest absolute Gasteiger partial charge is 0.406 e. The van der Waals surface area contributed by atoms with Crippen LogP contribution >= 0.6 is 11.8 Å². The van der Waals surface area contributed by atoms with E-state index >= 15 is 0 Å². The van der Waals surface area contributed by atoms with E-state index in [1.54, 1.807) is 12.1 Å². The van der Waals surface area contributed by atoms with Crippen LogP contribution in [0.25, 0.3) is 5.69 Å². The maximum absolute atomic E-state index is 12.3. The lowest BCUT2D eigenvalue weighted by atomic mass is 10.1. The molecule has 0 amide bonds. The second-order valence-electron chi connectivity index (χ2n) is 5.53. The number of rotatable bonds is 6. The standard InChI is InChI=1S/C16H12F3N5O3S/c1-10(11-3-2-4-13(9-11)24(25)26)28-15-20-21-22-23(15)12-5-7-14(8-6-12)27-16(17,18)19/h2-10H,1H3/t10-/m0/s1. The van der Waals surface area contributed by atoms with Crippen molar-refractivity contribution in [1.82, 2.24) is 20.2 Å². The highest BCUT2D eigenvalue weighted by Gasteiger charge is 2.31. The van der Waals surface area contributed by atoms with Crippen molar-refractivity contribution in [3.05, 3.63) is 64.2 Å². The summed E-state index contributed by atoms with van der Waals surface area (Å²) in [4.78, 5) is 10.5. The van der Waals surface area contributed by atoms with E-state index < -0.39 is 11.3 Å². The van der Waals surface area contributed by atoms with Gasteiger partial charge in [0.1, 0.15) is 5.75 Å². The van der Waals surface area contributed by atoms with Crippen molar-refractivity contribution in [2.24, 2.45) is 0 Å². The summed E-state index contributed by atoms with van der Waals surface area (Å²) in [5, 5.41) is 22.5. The number of alkyl halides is 3. The average Bonchev–Trinajstić information content (AvgIpc) is 3.09. The molecule has 3 rings (SSSR count). The van der Waals surface area contributed by atoms with Gasteiger partial charge in [-0.3, -0.25) is 10.1 Å². The lowest BCUT2D eigenvalue weighted by Gasteiger charge is -2.12. The van der Waals surface area contributed by atoms with Crippen LogP contribution in [-0.4, -0.2) is 31.5 Å². The number of ether oxygens (including phenoxy) is 1. The van der Waals surface area contributed by atoms with Crippen molar-refractivity contribution in [2.45, 2.75) is 23.7 Å². The van der Waals surface area contributed by atoms with Crippen molar-refractivity contribution in [3.8, 4) is 11.4 Å². The number of hydrogen-bond donors (Lipinski definition) is 0. The Morgan fingerprint density at radius 3 is 2.57 bits per heavy atom. The number of aromatic nitrogens is 4. The largest absolute Gasteiger partial charge is 0.573 e. The van der Waals surface area contributed by atoms with Crippen molar-refractivity contribution in [3.63, 3.8) is 0 Å². The van der Waals surface area contributed by atoms with Crippen LogP contribution in [0.3, 0.4) is 0 Å². The first-order valence-electron chi connectivity index (χ1n) is 7.78. The molecule has 0 bridgehead atoms. The average molecular weight is 411 g/mol. The van der Waals surface area contributed by atoms with Crippen molar-refractivity contribution in [1.29, 1.82) is 0 Å². The third kappa shape index (κ3) is 4.76. The van der Waals surface area contributed by atoms with Crippen LogP contribution in [0.1, 0.15) is 17.7 Å². The van der Waals surface area contributed by atoms with E-state index in [0.717, 1.165) is 12.1 Å². The molecule has 1 heterocycles. The van der Waals surface area contributed by atoms with E-state index in [0.29, 0.717) is 16.4 Å². The number of benzene rings is 2. The second-order valence-corrected chi connectivity index (χ2v) is 6.84. The first-order valence-corrected chi connectivity index (χ1v) is 8.66. The van der Waals surface area contributed by atoms with Gasteiger partial charge in [0.2, 0.25) is 5.16 Å². The van der Waals surface area contributed by atoms with Crippen LogP contribution in [0.5, 0.6) is 5.75 Å². The number of halogens is 3. The number of non-ortho nitro benzene ring substituents is 1. The van der Waals surface area contributed by atoms with E-state index in [1.807, 2.05) is 6.92 Å². The lowest BCUT2D eigenvalue weighted by Crippen LogP contribution is -2.17. The van der Waals surface area contributed by atoms with Crippen molar-refractivity contribution >= 4 is 17.4 Å². The molecule has 1 atom stereocenters. The first-order chi connectivity index (χ1) is 13.2. The highest BCUT2D eigenvalue weighted by atomic mass is 32.2. The molecule has 8 nitrogen and oxygen atoms in total. The lowest BCUT2D eigenvalue weighted by molar-refractivity contribution is -0.384. The van der Waals surface area contributed by atoms with Gasteiger partial charge in [0.25, 0.3) is 5.69 Å². The summed E-state index contributed by atoms with van der Waals surface area (Å²) in [6.45, 7) is 1.84. The van der Waals surface area contributed by atoms with Gasteiger partial charge >= 0.3 is 6.36 Å². The number of nitro groups is 1. The van der Waals surface area contributed by atoms with E-state index in [2.05, 4.69) is 20.3 Å². The van der Waals surface area contributed by atoms with Gasteiger partial charge in [-0.05, 0) is 47.2 Å². The van der Waals surface area contributed by atoms with E-state index in [-0.39, 0.29) is 16.7 Å². The summed E-state index contributed by atoms with van der Waals surface area (Å²) in [6, 6.07) is 11.3. The molecule has 0 aliphatic heterocycles. The molecule has 0 spiro atoms. The maximum atomic E-state index is 12.3. The zero-order valence-electron chi connectivity index (χ0n) is 14.2. The molecule has 1 aromatic heterocycles. The number of hydrogen-bond acceptors (Lipinski definition) is 7. The summed E-state index contributed by atoms with van der Waals surface area (Å²) in [5.41, 5.74) is 1.13. The molecular weight excluding hydrogens is 399 g/mol. The Bertz CT molecular complexity index is 978. The highest BCUT2D eigenvalue weighted by Crippen LogP contribution is 2.35. The summed E-state index contributed by atoms with van der Waals surface area (Å²) in [5.74, 6) is -0.358. The van der Waals surface area contributed by atoms with E-state index in [1.165, 1.54) is 40.7 Å². The molecule has 0 unspecified atom stereocenters. The SMILES string of the molecule is C[C@H](Sc1nnnn1-c1ccc(OC(F)(F)F)cc1)c1cccc([N+](=O)[O-])c1. The molecule has 0 N–H and O–H groups in total. The van der Waals surface area contributed by atoms with Gasteiger partial charge in [0, 0.05) is 17.4 Å². The van der Waals surface area contributed by atoms with Crippen molar-refractivity contribution in [2.75, 3.05) is 0 Å². The van der Waals surface area contributed by atoms with Crippen LogP contribution in [0, 0.1) is 10.1 Å². The van der Waals surface area contributed by atoms with E-state index in [4.69, 9.17) is 0 Å². The Balaban J connectivity index is 1.78. The molecule has 12 heteroatoms. The zero-order valence-corrected chi connectivity index (χ0v) is 15.0. The number of thioether (sulfide) groups is 1. The fourth-order valence-corrected chi connectivity index (χ4v) is 3.25. The third-order valence-electron chi connectivity index (χ3n) is 3.59. The van der Waals surface area contributed by atoms with Gasteiger partial charge in [-0.15, -0.1) is 18.3 Å². The van der Waals surface area contributed by atoms with Gasteiger partial charge in [-0.2, -0.15) is 4.68 Å². The predicted molar refractivity (Wildman–Crippen MR) is 93.2 cm³/mol. The number of nitro benzene ring substituents is 1. The van der Waals surface area contributed by atoms with Crippen LogP contribution < -0.4 is 4.74 Å². The van der Waals surface area contributed by atoms with Gasteiger partial charge in [-0.1, -0.05) is 23.9 Å². The highest BCUT2D eigenvalue weighted by molar-refractivity contribution is 7.99. The molecular formula is C16H12F3N5O3S. The van der Waals surface area contributed by atoms with Crippen LogP contribution in [0.2, 0.25) is 0 Å². The van der Waals surface area contributed by atoms with Gasteiger partial charge in [-0.25, -0.2) is 0 Å². The Kier molecular flexibility index (Phi) is 5.49. The Hall–Kier alpha value is -3.15. The second kappa shape index (κ2) is 7.84. The number of nitrogens with zero attached hydrogens (tertiary/aromatic N) is 5. The predicted octanol–water partition coefficient (Wildman–Crippen LogP) is 4.32. The topological polar surface area (TPSA) is 96.0 Å². The zero-order chi connectivity index (χ0) is 20.3. The molecule has 0 saturated heterocycles. The van der Waals surface area contributed by atoms with Crippen LogP contribution in [0.15, 0.2) is 53.7 Å².